The van der Waals surface area contributed by atoms with Gasteiger partial charge in [-0.2, -0.15) is 0 Å². The Morgan fingerprint density at radius 1 is 1.20 bits per heavy atom. The summed E-state index contributed by atoms with van der Waals surface area (Å²) in [6.07, 6.45) is 3.58. The summed E-state index contributed by atoms with van der Waals surface area (Å²) in [5, 5.41) is 7.01. The third kappa shape index (κ3) is 6.33. The van der Waals surface area contributed by atoms with Crippen LogP contribution < -0.4 is 10.6 Å². The minimum Gasteiger partial charge on any atom is -0.323 e. The number of hydrogen-bond donors (Lipinski definition) is 2. The van der Waals surface area contributed by atoms with Crippen LogP contribution in [0, 0.1) is 5.92 Å². The molecule has 140 valence electrons. The monoisotopic (exact) mass is 386 g/mol. The van der Waals surface area contributed by atoms with Crippen LogP contribution in [-0.4, -0.2) is 61.6 Å². The van der Waals surface area contributed by atoms with E-state index in [-0.39, 0.29) is 18.4 Å². The summed E-state index contributed by atoms with van der Waals surface area (Å²) >= 11 is 5.98. The second-order valence-corrected chi connectivity index (χ2v) is 7.21. The number of nitrogens with zero attached hydrogens (tertiary/aromatic N) is 2. The number of benzene rings is 1. The van der Waals surface area contributed by atoms with E-state index in [0.29, 0.717) is 5.02 Å². The molecule has 2 N–H and O–H groups in total. The van der Waals surface area contributed by atoms with Crippen LogP contribution in [0.4, 0.5) is 10.5 Å². The first-order chi connectivity index (χ1) is 11.7. The van der Waals surface area contributed by atoms with Gasteiger partial charge in [0.15, 0.2) is 0 Å². The molecule has 7 heteroatoms. The first kappa shape index (κ1) is 20.3. The van der Waals surface area contributed by atoms with Crippen molar-refractivity contribution in [3.8, 4) is 0 Å². The van der Waals surface area contributed by atoms with Crippen LogP contribution in [0.2, 0.25) is 5.02 Å². The van der Waals surface area contributed by atoms with Gasteiger partial charge in [0.1, 0.15) is 0 Å². The molecule has 3 rings (SSSR count). The van der Waals surface area contributed by atoms with E-state index in [2.05, 4.69) is 15.5 Å². The van der Waals surface area contributed by atoms with Gasteiger partial charge in [0.2, 0.25) is 0 Å². The van der Waals surface area contributed by atoms with Gasteiger partial charge < -0.3 is 20.4 Å². The minimum absolute atomic E-state index is 0. The number of rotatable bonds is 3. The summed E-state index contributed by atoms with van der Waals surface area (Å²) in [5.41, 5.74) is 0.753. The van der Waals surface area contributed by atoms with E-state index in [0.717, 1.165) is 57.3 Å². The molecule has 0 bridgehead atoms. The van der Waals surface area contributed by atoms with Crippen molar-refractivity contribution in [1.82, 2.24) is 15.1 Å². The molecule has 2 heterocycles. The normalized spacial score (nSPS) is 19.8. The summed E-state index contributed by atoms with van der Waals surface area (Å²) in [4.78, 5) is 16.9. The Balaban J connectivity index is 0.00000225. The van der Waals surface area contributed by atoms with E-state index < -0.39 is 0 Å². The number of amides is 2. The zero-order valence-electron chi connectivity index (χ0n) is 14.5. The molecular formula is C18H28Cl2N4O. The highest BCUT2D eigenvalue weighted by Crippen LogP contribution is 2.17. The summed E-state index contributed by atoms with van der Waals surface area (Å²) in [6, 6.07) is 7.27. The van der Waals surface area contributed by atoms with E-state index >= 15 is 0 Å². The predicted octanol–water partition coefficient (Wildman–Crippen LogP) is 3.30. The number of nitrogens with one attached hydrogen (secondary N) is 2. The summed E-state index contributed by atoms with van der Waals surface area (Å²) in [5.74, 6) is 0.804. The van der Waals surface area contributed by atoms with Gasteiger partial charge in [-0.25, -0.2) is 4.79 Å². The lowest BCUT2D eigenvalue weighted by Gasteiger charge is -2.29. The average molecular weight is 387 g/mol. The molecular weight excluding hydrogens is 359 g/mol. The van der Waals surface area contributed by atoms with Crippen molar-refractivity contribution in [2.24, 2.45) is 5.92 Å². The fraction of sp³-hybridized carbons (Fsp3) is 0.611. The van der Waals surface area contributed by atoms with Gasteiger partial charge in [-0.05, 0) is 63.0 Å². The topological polar surface area (TPSA) is 47.6 Å². The molecule has 0 unspecified atom stereocenters. The lowest BCUT2D eigenvalue weighted by atomic mass is 9.97. The third-order valence-electron chi connectivity index (χ3n) is 4.93. The van der Waals surface area contributed by atoms with E-state index in [9.17, 15) is 4.79 Å². The van der Waals surface area contributed by atoms with Crippen molar-refractivity contribution in [2.75, 3.05) is 51.1 Å². The predicted molar refractivity (Wildman–Crippen MR) is 106 cm³/mol. The zero-order valence-corrected chi connectivity index (χ0v) is 16.1. The first-order valence-electron chi connectivity index (χ1n) is 8.95. The largest absolute Gasteiger partial charge is 0.323 e. The smallest absolute Gasteiger partial charge is 0.321 e. The maximum Gasteiger partial charge on any atom is 0.321 e. The maximum atomic E-state index is 12.5. The molecule has 0 radical (unpaired) electrons. The van der Waals surface area contributed by atoms with Crippen LogP contribution in [-0.2, 0) is 0 Å². The van der Waals surface area contributed by atoms with Crippen LogP contribution >= 0.6 is 24.0 Å². The van der Waals surface area contributed by atoms with Crippen molar-refractivity contribution in [3.63, 3.8) is 0 Å². The Bertz CT molecular complexity index is 552. The molecule has 1 aromatic carbocycles. The van der Waals surface area contributed by atoms with Crippen molar-refractivity contribution in [3.05, 3.63) is 29.3 Å². The number of anilines is 1. The molecule has 0 aliphatic carbocycles. The summed E-state index contributed by atoms with van der Waals surface area (Å²) in [6.45, 7) is 7.12. The number of piperidine rings is 1. The molecule has 25 heavy (non-hydrogen) atoms. The Labute approximate surface area is 161 Å². The van der Waals surface area contributed by atoms with Gasteiger partial charge in [-0.3, -0.25) is 0 Å². The average Bonchev–Trinajstić information content (AvgIpc) is 2.81. The highest BCUT2D eigenvalue weighted by Gasteiger charge is 2.22. The molecule has 0 atom stereocenters. The molecule has 2 fully saturated rings. The second-order valence-electron chi connectivity index (χ2n) is 6.78. The van der Waals surface area contributed by atoms with Crippen LogP contribution in [0.25, 0.3) is 0 Å². The highest BCUT2D eigenvalue weighted by atomic mass is 35.5. The highest BCUT2D eigenvalue weighted by molar-refractivity contribution is 6.30. The first-order valence-corrected chi connectivity index (χ1v) is 9.33. The number of hydrogen-bond acceptors (Lipinski definition) is 3. The lowest BCUT2D eigenvalue weighted by Crippen LogP contribution is -2.40. The molecule has 0 saturated carbocycles. The molecule has 0 spiro atoms. The van der Waals surface area contributed by atoms with Crippen molar-refractivity contribution in [1.29, 1.82) is 0 Å². The van der Waals surface area contributed by atoms with E-state index in [1.54, 1.807) is 6.07 Å². The van der Waals surface area contributed by atoms with Crippen LogP contribution in [0.1, 0.15) is 19.3 Å². The Kier molecular flexibility index (Phi) is 8.30. The van der Waals surface area contributed by atoms with Crippen LogP contribution in [0.15, 0.2) is 24.3 Å². The Morgan fingerprint density at radius 2 is 2.00 bits per heavy atom. The van der Waals surface area contributed by atoms with Gasteiger partial charge in [0, 0.05) is 36.9 Å². The number of urea groups is 1. The summed E-state index contributed by atoms with van der Waals surface area (Å²) < 4.78 is 0. The maximum absolute atomic E-state index is 12.5. The van der Waals surface area contributed by atoms with Gasteiger partial charge in [0.05, 0.1) is 0 Å². The quantitative estimate of drug-likeness (QED) is 0.837. The van der Waals surface area contributed by atoms with E-state index in [1.807, 2.05) is 23.1 Å². The number of carbonyl (C=O) groups excluding carboxylic acids is 1. The van der Waals surface area contributed by atoms with Crippen molar-refractivity contribution in [2.45, 2.75) is 19.3 Å². The fourth-order valence-corrected chi connectivity index (χ4v) is 3.75. The lowest BCUT2D eigenvalue weighted by molar-refractivity contribution is 0.200. The Hall–Kier alpha value is -1.01. The molecule has 2 saturated heterocycles. The van der Waals surface area contributed by atoms with Crippen molar-refractivity contribution < 1.29 is 4.79 Å². The van der Waals surface area contributed by atoms with Gasteiger partial charge >= 0.3 is 6.03 Å². The van der Waals surface area contributed by atoms with Gasteiger partial charge in [-0.1, -0.05) is 17.7 Å². The Morgan fingerprint density at radius 3 is 2.76 bits per heavy atom. The van der Waals surface area contributed by atoms with Crippen LogP contribution in [0.3, 0.4) is 0 Å². The van der Waals surface area contributed by atoms with Crippen LogP contribution in [0.5, 0.6) is 0 Å². The molecule has 2 aliphatic heterocycles. The molecule has 2 amide bonds. The zero-order chi connectivity index (χ0) is 16.8. The standard InChI is InChI=1S/C18H27ClN4O.ClH/c19-16-3-1-4-17(13-16)21-18(24)23-10-2-9-22(11-12-23)14-15-5-7-20-8-6-15;/h1,3-4,13,15,20H,2,5-12,14H2,(H,21,24);1H. The van der Waals surface area contributed by atoms with Crippen molar-refractivity contribution >= 4 is 35.7 Å². The number of halogens is 2. The molecule has 5 nitrogen and oxygen atoms in total. The van der Waals surface area contributed by atoms with Gasteiger partial charge in [0.25, 0.3) is 0 Å². The molecule has 0 aromatic heterocycles. The van der Waals surface area contributed by atoms with Gasteiger partial charge in [-0.15, -0.1) is 12.4 Å². The SMILES string of the molecule is Cl.O=C(Nc1cccc(Cl)c1)N1CCCN(CC2CCNCC2)CC1. The van der Waals surface area contributed by atoms with E-state index in [4.69, 9.17) is 11.6 Å². The molecule has 1 aromatic rings. The minimum atomic E-state index is -0.0269. The third-order valence-corrected chi connectivity index (χ3v) is 5.16. The fourth-order valence-electron chi connectivity index (χ4n) is 3.55. The number of carbonyl (C=O) groups is 1. The molecule has 2 aliphatic rings. The second kappa shape index (κ2) is 10.2. The summed E-state index contributed by atoms with van der Waals surface area (Å²) in [7, 11) is 0. The van der Waals surface area contributed by atoms with E-state index in [1.165, 1.54) is 19.4 Å².